The fourth-order valence-electron chi connectivity index (χ4n) is 2.15. The van der Waals surface area contributed by atoms with Crippen LogP contribution in [0, 0.1) is 0 Å². The lowest BCUT2D eigenvalue weighted by atomic mass is 10.2. The number of halogens is 1. The zero-order valence-electron chi connectivity index (χ0n) is 12.4. The first-order valence-electron chi connectivity index (χ1n) is 7.00. The van der Waals surface area contributed by atoms with Gasteiger partial charge in [-0.3, -0.25) is 9.78 Å². The van der Waals surface area contributed by atoms with Gasteiger partial charge in [0, 0.05) is 42.1 Å². The average Bonchev–Trinajstić information content (AvgIpc) is 3.07. The Morgan fingerprint density at radius 3 is 2.74 bits per heavy atom. The molecule has 1 amide bonds. The lowest BCUT2D eigenvalue weighted by molar-refractivity contribution is 0.0775. The highest BCUT2D eigenvalue weighted by Gasteiger charge is 2.17. The third-order valence-corrected chi connectivity index (χ3v) is 3.88. The van der Waals surface area contributed by atoms with Crippen LogP contribution >= 0.6 is 15.9 Å². The number of benzene rings is 1. The molecule has 0 atom stereocenters. The molecule has 0 saturated heterocycles. The molecule has 5 nitrogen and oxygen atoms in total. The highest BCUT2D eigenvalue weighted by molar-refractivity contribution is 9.10. The van der Waals surface area contributed by atoms with Gasteiger partial charge in [-0.1, -0.05) is 33.2 Å². The normalized spacial score (nSPS) is 10.5. The van der Waals surface area contributed by atoms with Crippen LogP contribution in [-0.2, 0) is 6.54 Å². The molecule has 6 heteroatoms. The molecule has 0 N–H and O–H groups in total. The summed E-state index contributed by atoms with van der Waals surface area (Å²) in [6.07, 6.45) is 3.35. The Labute approximate surface area is 142 Å². The molecule has 0 bridgehead atoms. The van der Waals surface area contributed by atoms with Gasteiger partial charge in [0.1, 0.15) is 0 Å². The molecule has 1 aromatic carbocycles. The van der Waals surface area contributed by atoms with Crippen molar-refractivity contribution in [2.45, 2.75) is 6.54 Å². The number of nitrogens with zero attached hydrogens (tertiary/aromatic N) is 3. The van der Waals surface area contributed by atoms with Crippen molar-refractivity contribution in [2.75, 3.05) is 7.05 Å². The summed E-state index contributed by atoms with van der Waals surface area (Å²) < 4.78 is 6.25. The van der Waals surface area contributed by atoms with Crippen molar-refractivity contribution in [2.24, 2.45) is 0 Å². The summed E-state index contributed by atoms with van der Waals surface area (Å²) in [4.78, 5) is 18.1. The van der Waals surface area contributed by atoms with Gasteiger partial charge in [-0.25, -0.2) is 0 Å². The standard InChI is InChI=1S/C17H14BrN3O2/c1-21(11-12-4-6-14(18)7-5-12)17(22)15-9-16(23-20-15)13-3-2-8-19-10-13/h2-10H,11H2,1H3. The summed E-state index contributed by atoms with van der Waals surface area (Å²) in [5.74, 6) is 0.338. The minimum absolute atomic E-state index is 0.188. The third-order valence-electron chi connectivity index (χ3n) is 3.36. The van der Waals surface area contributed by atoms with Gasteiger partial charge in [0.05, 0.1) is 0 Å². The van der Waals surface area contributed by atoms with E-state index in [1.54, 1.807) is 36.5 Å². The van der Waals surface area contributed by atoms with Crippen molar-refractivity contribution in [1.29, 1.82) is 0 Å². The SMILES string of the molecule is CN(Cc1ccc(Br)cc1)C(=O)c1cc(-c2cccnc2)on1. The minimum atomic E-state index is -0.188. The summed E-state index contributed by atoms with van der Waals surface area (Å²) in [5, 5.41) is 3.87. The van der Waals surface area contributed by atoms with Gasteiger partial charge in [-0.15, -0.1) is 0 Å². The van der Waals surface area contributed by atoms with Gasteiger partial charge < -0.3 is 9.42 Å². The molecule has 116 valence electrons. The maximum atomic E-state index is 12.4. The average molecular weight is 372 g/mol. The van der Waals surface area contributed by atoms with E-state index in [1.807, 2.05) is 30.3 Å². The van der Waals surface area contributed by atoms with Gasteiger partial charge in [0.25, 0.3) is 5.91 Å². The summed E-state index contributed by atoms with van der Waals surface area (Å²) >= 11 is 3.39. The highest BCUT2D eigenvalue weighted by atomic mass is 79.9. The van der Waals surface area contributed by atoms with Crippen LogP contribution in [0.1, 0.15) is 16.1 Å². The van der Waals surface area contributed by atoms with E-state index >= 15 is 0 Å². The third kappa shape index (κ3) is 3.65. The van der Waals surface area contributed by atoms with Crippen LogP contribution in [0.5, 0.6) is 0 Å². The van der Waals surface area contributed by atoms with Crippen LogP contribution in [-0.4, -0.2) is 28.0 Å². The Kier molecular flexibility index (Phi) is 4.52. The Hall–Kier alpha value is -2.47. The molecule has 3 rings (SSSR count). The minimum Gasteiger partial charge on any atom is -0.355 e. The number of amides is 1. The van der Waals surface area contributed by atoms with E-state index in [1.165, 1.54) is 0 Å². The van der Waals surface area contributed by atoms with Gasteiger partial charge in [-0.2, -0.15) is 0 Å². The highest BCUT2D eigenvalue weighted by Crippen LogP contribution is 2.20. The Morgan fingerprint density at radius 1 is 1.26 bits per heavy atom. The zero-order chi connectivity index (χ0) is 16.2. The molecule has 0 radical (unpaired) electrons. The van der Waals surface area contributed by atoms with Gasteiger partial charge in [0.2, 0.25) is 0 Å². The molecule has 0 fully saturated rings. The summed E-state index contributed by atoms with van der Waals surface area (Å²) in [7, 11) is 1.74. The molecular formula is C17H14BrN3O2. The fraction of sp³-hybridized carbons (Fsp3) is 0.118. The monoisotopic (exact) mass is 371 g/mol. The van der Waals surface area contributed by atoms with Crippen molar-refractivity contribution in [3.05, 3.63) is 70.6 Å². The summed E-state index contributed by atoms with van der Waals surface area (Å²) in [6.45, 7) is 0.501. The Bertz CT molecular complexity index is 800. The Morgan fingerprint density at radius 2 is 2.04 bits per heavy atom. The largest absolute Gasteiger partial charge is 0.355 e. The number of hydrogen-bond acceptors (Lipinski definition) is 4. The maximum Gasteiger partial charge on any atom is 0.276 e. The zero-order valence-corrected chi connectivity index (χ0v) is 14.0. The maximum absolute atomic E-state index is 12.4. The molecule has 0 saturated carbocycles. The lowest BCUT2D eigenvalue weighted by Gasteiger charge is -2.15. The first kappa shape index (κ1) is 15.4. The van der Waals surface area contributed by atoms with Crippen LogP contribution < -0.4 is 0 Å². The molecule has 2 aromatic heterocycles. The van der Waals surface area contributed by atoms with Crippen LogP contribution in [0.3, 0.4) is 0 Å². The van der Waals surface area contributed by atoms with Crippen LogP contribution in [0.15, 0.2) is 63.9 Å². The Balaban J connectivity index is 1.72. The predicted molar refractivity (Wildman–Crippen MR) is 89.7 cm³/mol. The van der Waals surface area contributed by atoms with E-state index < -0.39 is 0 Å². The van der Waals surface area contributed by atoms with Crippen LogP contribution in [0.25, 0.3) is 11.3 Å². The van der Waals surface area contributed by atoms with E-state index in [9.17, 15) is 4.79 Å². The van der Waals surface area contributed by atoms with Crippen molar-refractivity contribution in [3.63, 3.8) is 0 Å². The first-order chi connectivity index (χ1) is 11.1. The molecule has 23 heavy (non-hydrogen) atoms. The van der Waals surface area contributed by atoms with Crippen molar-refractivity contribution >= 4 is 21.8 Å². The molecule has 0 aliphatic heterocycles. The second-order valence-corrected chi connectivity index (χ2v) is 6.02. The second-order valence-electron chi connectivity index (χ2n) is 5.11. The van der Waals surface area contributed by atoms with E-state index in [-0.39, 0.29) is 11.6 Å². The topological polar surface area (TPSA) is 59.2 Å². The number of pyridine rings is 1. The lowest BCUT2D eigenvalue weighted by Crippen LogP contribution is -2.26. The number of hydrogen-bond donors (Lipinski definition) is 0. The quantitative estimate of drug-likeness (QED) is 0.700. The summed E-state index contributed by atoms with van der Waals surface area (Å²) in [6, 6.07) is 13.1. The van der Waals surface area contributed by atoms with Crippen molar-refractivity contribution in [1.82, 2.24) is 15.0 Å². The first-order valence-corrected chi connectivity index (χ1v) is 7.80. The molecule has 0 unspecified atom stereocenters. The fourth-order valence-corrected chi connectivity index (χ4v) is 2.42. The predicted octanol–water partition coefficient (Wildman–Crippen LogP) is 3.77. The van der Waals surface area contributed by atoms with E-state index in [0.717, 1.165) is 15.6 Å². The smallest absolute Gasteiger partial charge is 0.276 e. The van der Waals surface area contributed by atoms with Crippen molar-refractivity contribution in [3.8, 4) is 11.3 Å². The molecule has 0 aliphatic rings. The van der Waals surface area contributed by atoms with Gasteiger partial charge in [-0.05, 0) is 29.8 Å². The van der Waals surface area contributed by atoms with Crippen LogP contribution in [0.2, 0.25) is 0 Å². The van der Waals surface area contributed by atoms with Gasteiger partial charge in [0.15, 0.2) is 11.5 Å². The summed E-state index contributed by atoms with van der Waals surface area (Å²) in [5.41, 5.74) is 2.11. The molecule has 0 spiro atoms. The van der Waals surface area contributed by atoms with E-state index in [2.05, 4.69) is 26.1 Å². The van der Waals surface area contributed by atoms with Gasteiger partial charge >= 0.3 is 0 Å². The van der Waals surface area contributed by atoms with Crippen molar-refractivity contribution < 1.29 is 9.32 Å². The number of carbonyl (C=O) groups is 1. The second kappa shape index (κ2) is 6.75. The molecule has 0 aliphatic carbocycles. The number of carbonyl (C=O) groups excluding carboxylic acids is 1. The van der Waals surface area contributed by atoms with E-state index in [4.69, 9.17) is 4.52 Å². The number of aromatic nitrogens is 2. The molecule has 3 aromatic rings. The van der Waals surface area contributed by atoms with E-state index in [0.29, 0.717) is 12.3 Å². The number of rotatable bonds is 4. The molecule has 2 heterocycles. The van der Waals surface area contributed by atoms with Crippen LogP contribution in [0.4, 0.5) is 0 Å². The molecular weight excluding hydrogens is 358 g/mol.